The second-order valence-corrected chi connectivity index (χ2v) is 8.11. The summed E-state index contributed by atoms with van der Waals surface area (Å²) < 4.78 is 5.48. The van der Waals surface area contributed by atoms with Crippen LogP contribution in [-0.2, 0) is 17.8 Å². The zero-order chi connectivity index (χ0) is 17.5. The van der Waals surface area contributed by atoms with E-state index in [1.165, 1.54) is 6.42 Å². The molecule has 1 aromatic rings. The molecule has 1 amide bonds. The highest BCUT2D eigenvalue weighted by Gasteiger charge is 2.33. The molecule has 0 aromatic carbocycles. The summed E-state index contributed by atoms with van der Waals surface area (Å²) in [5.41, 5.74) is 1.31. The number of ether oxygens (including phenoxy) is 1. The van der Waals surface area contributed by atoms with E-state index >= 15 is 0 Å². The first-order valence-electron chi connectivity index (χ1n) is 8.51. The van der Waals surface area contributed by atoms with Crippen LogP contribution >= 0.6 is 11.6 Å². The number of anilines is 1. The molecule has 3 rings (SSSR count). The quantitative estimate of drug-likeness (QED) is 0.722. The molecule has 1 aromatic heterocycles. The van der Waals surface area contributed by atoms with E-state index in [1.807, 2.05) is 20.8 Å². The van der Waals surface area contributed by atoms with Gasteiger partial charge in [0, 0.05) is 18.7 Å². The first-order chi connectivity index (χ1) is 11.2. The van der Waals surface area contributed by atoms with Crippen LogP contribution in [0.2, 0.25) is 5.28 Å². The van der Waals surface area contributed by atoms with Gasteiger partial charge >= 0.3 is 6.09 Å². The normalized spacial score (nSPS) is 21.0. The van der Waals surface area contributed by atoms with Gasteiger partial charge in [-0.05, 0) is 51.1 Å². The number of halogens is 1. The summed E-state index contributed by atoms with van der Waals surface area (Å²) in [6.45, 7) is 10.7. The minimum absolute atomic E-state index is 0.244. The Balaban J connectivity index is 1.83. The lowest BCUT2D eigenvalue weighted by Crippen LogP contribution is -2.36. The van der Waals surface area contributed by atoms with Crippen molar-refractivity contribution in [3.63, 3.8) is 0 Å². The van der Waals surface area contributed by atoms with Crippen molar-refractivity contribution in [3.05, 3.63) is 16.5 Å². The molecule has 1 unspecified atom stereocenters. The number of nitrogens with zero attached hydrogens (tertiary/aromatic N) is 4. The van der Waals surface area contributed by atoms with E-state index in [2.05, 4.69) is 21.8 Å². The van der Waals surface area contributed by atoms with E-state index in [4.69, 9.17) is 16.3 Å². The molecule has 0 N–H and O–H groups in total. The van der Waals surface area contributed by atoms with E-state index in [1.54, 1.807) is 4.90 Å². The van der Waals surface area contributed by atoms with Crippen molar-refractivity contribution in [3.8, 4) is 0 Å². The molecule has 0 spiro atoms. The monoisotopic (exact) mass is 352 g/mol. The van der Waals surface area contributed by atoms with Crippen molar-refractivity contribution in [2.45, 2.75) is 59.2 Å². The molecule has 1 saturated heterocycles. The van der Waals surface area contributed by atoms with E-state index in [9.17, 15) is 4.79 Å². The van der Waals surface area contributed by atoms with Crippen LogP contribution in [0.4, 0.5) is 10.6 Å². The second kappa shape index (κ2) is 6.39. The Kier molecular flexibility index (Phi) is 4.60. The molecule has 132 valence electrons. The van der Waals surface area contributed by atoms with Crippen molar-refractivity contribution in [1.82, 2.24) is 14.9 Å². The van der Waals surface area contributed by atoms with Crippen molar-refractivity contribution in [1.29, 1.82) is 0 Å². The number of hydrogen-bond acceptors (Lipinski definition) is 5. The third-order valence-electron chi connectivity index (χ3n) is 4.34. The minimum Gasteiger partial charge on any atom is -0.444 e. The van der Waals surface area contributed by atoms with Gasteiger partial charge in [0.25, 0.3) is 0 Å². The highest BCUT2D eigenvalue weighted by atomic mass is 35.5. The van der Waals surface area contributed by atoms with Gasteiger partial charge in [-0.3, -0.25) is 4.90 Å². The average molecular weight is 353 g/mol. The number of hydrogen-bond donors (Lipinski definition) is 0. The smallest absolute Gasteiger partial charge is 0.410 e. The maximum atomic E-state index is 12.4. The molecule has 0 saturated carbocycles. The second-order valence-electron chi connectivity index (χ2n) is 7.77. The summed E-state index contributed by atoms with van der Waals surface area (Å²) in [5, 5.41) is 0.244. The van der Waals surface area contributed by atoms with Gasteiger partial charge < -0.3 is 9.64 Å². The molecule has 2 aliphatic heterocycles. The van der Waals surface area contributed by atoms with Gasteiger partial charge in [0.05, 0.1) is 18.8 Å². The number of amides is 1. The molecular formula is C17H25ClN4O2. The standard InChI is InChI=1S/C17H25ClN4O2/c1-11-6-5-7-21(8-11)14-12-9-22(16(23)24-17(2,3)4)10-13(12)19-15(18)20-14/h11H,5-10H2,1-4H3. The van der Waals surface area contributed by atoms with Crippen LogP contribution in [0.5, 0.6) is 0 Å². The van der Waals surface area contributed by atoms with Gasteiger partial charge in [0.2, 0.25) is 5.28 Å². The summed E-state index contributed by atoms with van der Waals surface area (Å²) in [6, 6.07) is 0. The fourth-order valence-corrected chi connectivity index (χ4v) is 3.49. The maximum absolute atomic E-state index is 12.4. The van der Waals surface area contributed by atoms with Crippen LogP contribution < -0.4 is 4.90 Å². The molecule has 0 aliphatic carbocycles. The largest absolute Gasteiger partial charge is 0.444 e. The fraction of sp³-hybridized carbons (Fsp3) is 0.706. The zero-order valence-electron chi connectivity index (χ0n) is 14.8. The molecule has 0 bridgehead atoms. The van der Waals surface area contributed by atoms with Gasteiger partial charge in [0.15, 0.2) is 0 Å². The van der Waals surface area contributed by atoms with Gasteiger partial charge in [-0.15, -0.1) is 0 Å². The molecule has 2 aliphatic rings. The molecule has 24 heavy (non-hydrogen) atoms. The Bertz CT molecular complexity index is 644. The van der Waals surface area contributed by atoms with Crippen molar-refractivity contribution >= 4 is 23.5 Å². The van der Waals surface area contributed by atoms with Crippen LogP contribution in [0.15, 0.2) is 0 Å². The van der Waals surface area contributed by atoms with Crippen LogP contribution in [0.3, 0.4) is 0 Å². The topological polar surface area (TPSA) is 58.6 Å². The first kappa shape index (κ1) is 17.3. The van der Waals surface area contributed by atoms with Crippen LogP contribution in [0, 0.1) is 5.92 Å². The molecular weight excluding hydrogens is 328 g/mol. The predicted octanol–water partition coefficient (Wildman–Crippen LogP) is 3.62. The molecule has 1 fully saturated rings. The number of piperidine rings is 1. The van der Waals surface area contributed by atoms with Crippen molar-refractivity contribution < 1.29 is 9.53 Å². The van der Waals surface area contributed by atoms with E-state index in [0.29, 0.717) is 19.0 Å². The van der Waals surface area contributed by atoms with E-state index in [0.717, 1.165) is 36.6 Å². The Morgan fingerprint density at radius 2 is 2.04 bits per heavy atom. The predicted molar refractivity (Wildman–Crippen MR) is 93.1 cm³/mol. The van der Waals surface area contributed by atoms with E-state index in [-0.39, 0.29) is 11.4 Å². The van der Waals surface area contributed by atoms with Crippen LogP contribution in [-0.4, -0.2) is 39.7 Å². The summed E-state index contributed by atoms with van der Waals surface area (Å²) in [5.74, 6) is 1.51. The van der Waals surface area contributed by atoms with Gasteiger partial charge in [-0.2, -0.15) is 0 Å². The van der Waals surface area contributed by atoms with Crippen LogP contribution in [0.1, 0.15) is 51.8 Å². The first-order valence-corrected chi connectivity index (χ1v) is 8.89. The van der Waals surface area contributed by atoms with Crippen LogP contribution in [0.25, 0.3) is 0 Å². The Labute approximate surface area is 148 Å². The summed E-state index contributed by atoms with van der Waals surface area (Å²) in [6.07, 6.45) is 2.06. The molecule has 6 nitrogen and oxygen atoms in total. The third kappa shape index (κ3) is 3.74. The summed E-state index contributed by atoms with van der Waals surface area (Å²) in [7, 11) is 0. The van der Waals surface area contributed by atoms with Crippen molar-refractivity contribution in [2.24, 2.45) is 5.92 Å². The van der Waals surface area contributed by atoms with Gasteiger partial charge in [-0.25, -0.2) is 14.8 Å². The highest BCUT2D eigenvalue weighted by molar-refractivity contribution is 6.28. The van der Waals surface area contributed by atoms with E-state index < -0.39 is 5.60 Å². The zero-order valence-corrected chi connectivity index (χ0v) is 15.6. The lowest BCUT2D eigenvalue weighted by molar-refractivity contribution is 0.0241. The average Bonchev–Trinajstić information content (AvgIpc) is 2.88. The fourth-order valence-electron chi connectivity index (χ4n) is 3.31. The number of aromatic nitrogens is 2. The van der Waals surface area contributed by atoms with Gasteiger partial charge in [-0.1, -0.05) is 6.92 Å². The minimum atomic E-state index is -0.514. The number of carbonyl (C=O) groups is 1. The number of fused-ring (bicyclic) bond motifs is 1. The maximum Gasteiger partial charge on any atom is 0.410 e. The summed E-state index contributed by atoms with van der Waals surface area (Å²) >= 11 is 6.13. The SMILES string of the molecule is CC1CCCN(c2nc(Cl)nc3c2CN(C(=O)OC(C)(C)C)C3)C1. The van der Waals surface area contributed by atoms with Crippen molar-refractivity contribution in [2.75, 3.05) is 18.0 Å². The number of carbonyl (C=O) groups excluding carboxylic acids is 1. The Hall–Kier alpha value is -1.56. The van der Waals surface area contributed by atoms with Gasteiger partial charge in [0.1, 0.15) is 11.4 Å². The lowest BCUT2D eigenvalue weighted by atomic mass is 10.00. The Morgan fingerprint density at radius 3 is 2.71 bits per heavy atom. The molecule has 0 radical (unpaired) electrons. The molecule has 3 heterocycles. The number of rotatable bonds is 1. The molecule has 7 heteroatoms. The highest BCUT2D eigenvalue weighted by Crippen LogP contribution is 2.33. The third-order valence-corrected chi connectivity index (χ3v) is 4.51. The lowest BCUT2D eigenvalue weighted by Gasteiger charge is -2.33. The Morgan fingerprint density at radius 1 is 1.29 bits per heavy atom. The summed E-state index contributed by atoms with van der Waals surface area (Å²) in [4.78, 5) is 25.1. The molecule has 1 atom stereocenters.